The molecule has 3 rings (SSSR count). The third kappa shape index (κ3) is 9.18. The molecule has 3 aromatic carbocycles. The van der Waals surface area contributed by atoms with E-state index in [-0.39, 0.29) is 37.4 Å². The van der Waals surface area contributed by atoms with Crippen LogP contribution >= 0.6 is 0 Å². The lowest BCUT2D eigenvalue weighted by Gasteiger charge is -2.33. The van der Waals surface area contributed by atoms with E-state index >= 15 is 0 Å². The number of nitrogens with zero attached hydrogens (tertiary/aromatic N) is 2. The quantitative estimate of drug-likeness (QED) is 0.298. The predicted molar refractivity (Wildman–Crippen MR) is 166 cm³/mol. The van der Waals surface area contributed by atoms with Crippen LogP contribution in [0.25, 0.3) is 0 Å². The molecule has 0 unspecified atom stereocenters. The van der Waals surface area contributed by atoms with Crippen LogP contribution < -0.4 is 9.62 Å². The Kier molecular flexibility index (Phi) is 11.1. The van der Waals surface area contributed by atoms with Gasteiger partial charge < -0.3 is 10.2 Å². The molecule has 0 bridgehead atoms. The predicted octanol–water partition coefficient (Wildman–Crippen LogP) is 5.32. The van der Waals surface area contributed by atoms with Gasteiger partial charge in [-0.1, -0.05) is 66.7 Å². The molecule has 0 aliphatic rings. The van der Waals surface area contributed by atoms with Gasteiger partial charge in [0, 0.05) is 32.0 Å². The largest absolute Gasteiger partial charge is 0.352 e. The SMILES string of the molecule is Cc1ccc(C)c(N(CCCC(=O)N(Cc2ccccc2C)[C@H](Cc2ccccc2)C(=O)NC(C)C)S(C)(=O)=O)c1. The monoisotopic (exact) mass is 577 g/mol. The first-order chi connectivity index (χ1) is 19.4. The lowest BCUT2D eigenvalue weighted by atomic mass is 10.0. The molecular formula is C33H43N3O4S. The Morgan fingerprint density at radius 2 is 1.54 bits per heavy atom. The lowest BCUT2D eigenvalue weighted by Crippen LogP contribution is -2.52. The Labute approximate surface area is 245 Å². The van der Waals surface area contributed by atoms with Gasteiger partial charge in [-0.3, -0.25) is 13.9 Å². The molecule has 3 aromatic rings. The second-order valence-electron chi connectivity index (χ2n) is 11.0. The fraction of sp³-hybridized carbons (Fsp3) is 0.394. The third-order valence-corrected chi connectivity index (χ3v) is 8.27. The first kappa shape index (κ1) is 31.9. The van der Waals surface area contributed by atoms with Crippen molar-refractivity contribution in [3.63, 3.8) is 0 Å². The standard InChI is InChI=1S/C33H43N3O4S/c1-24(2)34-33(38)31(22-28-14-8-7-9-15-28)35(23-29-16-11-10-13-26(29)4)32(37)17-12-20-36(41(6,39)40)30-21-25(3)18-19-27(30)5/h7-11,13-16,18-19,21,24,31H,12,17,20,22-23H2,1-6H3,(H,34,38)/t31-/m1/s1. The van der Waals surface area contributed by atoms with E-state index in [0.29, 0.717) is 18.5 Å². The minimum atomic E-state index is -3.57. The van der Waals surface area contributed by atoms with Crippen LogP contribution in [0.4, 0.5) is 5.69 Å². The zero-order valence-electron chi connectivity index (χ0n) is 25.1. The normalized spacial score (nSPS) is 12.2. The van der Waals surface area contributed by atoms with E-state index in [1.807, 2.05) is 107 Å². The van der Waals surface area contributed by atoms with Crippen LogP contribution in [0, 0.1) is 20.8 Å². The van der Waals surface area contributed by atoms with E-state index < -0.39 is 16.1 Å². The van der Waals surface area contributed by atoms with Crippen LogP contribution in [0.3, 0.4) is 0 Å². The topological polar surface area (TPSA) is 86.8 Å². The maximum atomic E-state index is 13.9. The van der Waals surface area contributed by atoms with Crippen molar-refractivity contribution in [2.75, 3.05) is 17.1 Å². The number of benzene rings is 3. The Morgan fingerprint density at radius 1 is 0.878 bits per heavy atom. The number of amides is 2. The van der Waals surface area contributed by atoms with Gasteiger partial charge in [-0.05, 0) is 74.9 Å². The molecule has 0 aliphatic heterocycles. The van der Waals surface area contributed by atoms with E-state index in [1.54, 1.807) is 4.90 Å². The molecule has 220 valence electrons. The number of hydrogen-bond donors (Lipinski definition) is 1. The smallest absolute Gasteiger partial charge is 0.243 e. The van der Waals surface area contributed by atoms with Crippen molar-refractivity contribution in [1.29, 1.82) is 0 Å². The Hall–Kier alpha value is -3.65. The van der Waals surface area contributed by atoms with Crippen molar-refractivity contribution in [2.24, 2.45) is 0 Å². The highest BCUT2D eigenvalue weighted by Crippen LogP contribution is 2.25. The molecule has 2 amide bonds. The first-order valence-corrected chi connectivity index (χ1v) is 15.9. The zero-order chi connectivity index (χ0) is 30.2. The molecule has 7 nitrogen and oxygen atoms in total. The first-order valence-electron chi connectivity index (χ1n) is 14.1. The van der Waals surface area contributed by atoms with Gasteiger partial charge in [0.15, 0.2) is 0 Å². The Balaban J connectivity index is 1.91. The van der Waals surface area contributed by atoms with Crippen LogP contribution in [-0.4, -0.2) is 50.0 Å². The number of aryl methyl sites for hydroxylation is 3. The minimum Gasteiger partial charge on any atom is -0.352 e. The van der Waals surface area contributed by atoms with Gasteiger partial charge in [0.1, 0.15) is 6.04 Å². The molecule has 8 heteroatoms. The zero-order valence-corrected chi connectivity index (χ0v) is 25.9. The van der Waals surface area contributed by atoms with Crippen molar-refractivity contribution in [1.82, 2.24) is 10.2 Å². The van der Waals surface area contributed by atoms with Crippen LogP contribution in [0.5, 0.6) is 0 Å². The van der Waals surface area contributed by atoms with Gasteiger partial charge >= 0.3 is 0 Å². The minimum absolute atomic E-state index is 0.0860. The van der Waals surface area contributed by atoms with E-state index in [1.165, 1.54) is 10.6 Å². The maximum Gasteiger partial charge on any atom is 0.243 e. The summed E-state index contributed by atoms with van der Waals surface area (Å²) in [5, 5.41) is 3.01. The highest BCUT2D eigenvalue weighted by molar-refractivity contribution is 7.92. The molecule has 1 N–H and O–H groups in total. The highest BCUT2D eigenvalue weighted by atomic mass is 32.2. The molecule has 0 aromatic heterocycles. The van der Waals surface area contributed by atoms with Crippen molar-refractivity contribution < 1.29 is 18.0 Å². The maximum absolute atomic E-state index is 13.9. The van der Waals surface area contributed by atoms with E-state index in [0.717, 1.165) is 27.8 Å². The van der Waals surface area contributed by atoms with Gasteiger partial charge in [-0.25, -0.2) is 8.42 Å². The van der Waals surface area contributed by atoms with Crippen LogP contribution in [0.2, 0.25) is 0 Å². The molecule has 0 saturated carbocycles. The second-order valence-corrected chi connectivity index (χ2v) is 13.0. The molecule has 0 radical (unpaired) electrons. The van der Waals surface area contributed by atoms with E-state index in [9.17, 15) is 18.0 Å². The van der Waals surface area contributed by atoms with Gasteiger partial charge in [0.2, 0.25) is 21.8 Å². The van der Waals surface area contributed by atoms with Crippen molar-refractivity contribution in [2.45, 2.75) is 72.5 Å². The van der Waals surface area contributed by atoms with Gasteiger partial charge in [0.05, 0.1) is 11.9 Å². The molecule has 0 fully saturated rings. The van der Waals surface area contributed by atoms with E-state index in [2.05, 4.69) is 5.32 Å². The lowest BCUT2D eigenvalue weighted by molar-refractivity contribution is -0.141. The molecule has 0 spiro atoms. The fourth-order valence-corrected chi connectivity index (χ4v) is 5.89. The number of carbonyl (C=O) groups is 2. The second kappa shape index (κ2) is 14.3. The molecule has 0 aliphatic carbocycles. The van der Waals surface area contributed by atoms with Crippen LogP contribution in [0.15, 0.2) is 72.8 Å². The van der Waals surface area contributed by atoms with Crippen LogP contribution in [0.1, 0.15) is 54.5 Å². The van der Waals surface area contributed by atoms with Gasteiger partial charge in [-0.15, -0.1) is 0 Å². The number of nitrogens with one attached hydrogen (secondary N) is 1. The molecular weight excluding hydrogens is 534 g/mol. The summed E-state index contributed by atoms with van der Waals surface area (Å²) in [6.45, 7) is 10.0. The van der Waals surface area contributed by atoms with E-state index in [4.69, 9.17) is 0 Å². The summed E-state index contributed by atoms with van der Waals surface area (Å²) < 4.78 is 26.9. The third-order valence-electron chi connectivity index (χ3n) is 7.09. The summed E-state index contributed by atoms with van der Waals surface area (Å²) in [7, 11) is -3.57. The summed E-state index contributed by atoms with van der Waals surface area (Å²) in [6, 6.07) is 22.4. The van der Waals surface area contributed by atoms with Crippen molar-refractivity contribution in [3.05, 3.63) is 101 Å². The molecule has 41 heavy (non-hydrogen) atoms. The molecule has 1 atom stereocenters. The Morgan fingerprint density at radius 3 is 2.17 bits per heavy atom. The number of rotatable bonds is 13. The van der Waals surface area contributed by atoms with Gasteiger partial charge in [0.25, 0.3) is 0 Å². The molecule has 0 heterocycles. The summed E-state index contributed by atoms with van der Waals surface area (Å²) in [6.07, 6.45) is 1.97. The summed E-state index contributed by atoms with van der Waals surface area (Å²) >= 11 is 0. The number of sulfonamides is 1. The highest BCUT2D eigenvalue weighted by Gasteiger charge is 2.31. The summed E-state index contributed by atoms with van der Waals surface area (Å²) in [5.41, 5.74) is 5.38. The fourth-order valence-electron chi connectivity index (χ4n) is 4.88. The average molecular weight is 578 g/mol. The van der Waals surface area contributed by atoms with Gasteiger partial charge in [-0.2, -0.15) is 0 Å². The number of hydrogen-bond acceptors (Lipinski definition) is 4. The number of anilines is 1. The molecule has 0 saturated heterocycles. The van der Waals surface area contributed by atoms with Crippen molar-refractivity contribution in [3.8, 4) is 0 Å². The average Bonchev–Trinajstić information content (AvgIpc) is 2.90. The Bertz CT molecular complexity index is 1440. The number of carbonyl (C=O) groups excluding carboxylic acids is 2. The summed E-state index contributed by atoms with van der Waals surface area (Å²) in [5.74, 6) is -0.401. The van der Waals surface area contributed by atoms with Crippen molar-refractivity contribution >= 4 is 27.5 Å². The van der Waals surface area contributed by atoms with Crippen LogP contribution in [-0.2, 0) is 32.6 Å². The summed E-state index contributed by atoms with van der Waals surface area (Å²) in [4.78, 5) is 29.2.